The summed E-state index contributed by atoms with van der Waals surface area (Å²) in [5, 5.41) is 43.2. The fourth-order valence-electron chi connectivity index (χ4n) is 3.82. The first kappa shape index (κ1) is 44.8. The molecule has 51 heavy (non-hydrogen) atoms. The van der Waals surface area contributed by atoms with E-state index in [-0.39, 0.29) is 38.0 Å². The van der Waals surface area contributed by atoms with Crippen LogP contribution in [0.4, 0.5) is 0 Å². The number of aliphatic imine (C=N–C) groups is 1. The van der Waals surface area contributed by atoms with Gasteiger partial charge in [0, 0.05) is 49.9 Å². The predicted molar refractivity (Wildman–Crippen MR) is 187 cm³/mol. The Balaban J connectivity index is 5.83. The number of thioether (sulfide) groups is 1. The first-order valence-electron chi connectivity index (χ1n) is 16.3. The van der Waals surface area contributed by atoms with E-state index in [4.69, 9.17) is 22.4 Å². The molecule has 0 spiro atoms. The molecule has 0 heterocycles. The van der Waals surface area contributed by atoms with Gasteiger partial charge < -0.3 is 47.4 Å². The van der Waals surface area contributed by atoms with Crippen molar-refractivity contribution in [2.24, 2.45) is 10.7 Å². The minimum absolute atomic E-state index is 0.0806. The number of nitrogens with one attached hydrogen (secondary N) is 4. The van der Waals surface area contributed by atoms with E-state index in [0.29, 0.717) is 24.6 Å². The standard InChI is InChI=1S/C30H47N6O13S2/c1-2-3-4-5-21(37)22(51-16-20(28(45)34-14-26(42)43)36-23(38)8-6-17(31)29(46)47)10-12-32-18(30(48)49)7-9-24(39)35-19(15-50)27(44)33-13-11-25(40)41/h10,12,17-20,22,50H,2-9,11,13-16,31H2,1H3,(H,33,44)(H,34,45)(H,35,39)(H,36,38)(H,40,41)(H,42,43)(H,46,47)(H,48,49)/t17-,18-,19+,20+,22?/m0/s1/i22D. The number of carboxylic acids is 4. The molecule has 0 aliphatic heterocycles. The fraction of sp³-hybridized carbons (Fsp3) is 0.633. The van der Waals surface area contributed by atoms with E-state index >= 15 is 0 Å². The van der Waals surface area contributed by atoms with Crippen molar-refractivity contribution in [3.63, 3.8) is 0 Å². The molecular formula is C30H47N6O13S2. The normalized spacial score (nSPS) is 14.8. The van der Waals surface area contributed by atoms with Gasteiger partial charge in [-0.15, -0.1) is 11.8 Å². The average Bonchev–Trinajstić information content (AvgIpc) is 3.07. The van der Waals surface area contributed by atoms with Crippen molar-refractivity contribution in [3.05, 3.63) is 6.42 Å². The Kier molecular flexibility index (Phi) is 23.3. The minimum atomic E-state index is -2.17. The lowest BCUT2D eigenvalue weighted by Crippen LogP contribution is -2.50. The van der Waals surface area contributed by atoms with Crippen molar-refractivity contribution >= 4 is 83.9 Å². The van der Waals surface area contributed by atoms with Crippen LogP contribution in [-0.2, 0) is 43.2 Å². The van der Waals surface area contributed by atoms with Crippen molar-refractivity contribution in [2.75, 3.05) is 24.6 Å². The number of carbonyl (C=O) groups excluding carboxylic acids is 5. The number of hydrogen-bond acceptors (Lipinski definition) is 13. The van der Waals surface area contributed by atoms with Gasteiger partial charge in [-0.05, 0) is 19.3 Å². The largest absolute Gasteiger partial charge is 0.481 e. The number of nitrogens with two attached hydrogens (primary N) is 1. The predicted octanol–water partition coefficient (Wildman–Crippen LogP) is -1.37. The monoisotopic (exact) mass is 764 g/mol. The van der Waals surface area contributed by atoms with Crippen LogP contribution in [0.15, 0.2) is 4.99 Å². The molecule has 0 bridgehead atoms. The maximum Gasteiger partial charge on any atom is 0.328 e. The van der Waals surface area contributed by atoms with Gasteiger partial charge in [0.05, 0.1) is 13.0 Å². The Morgan fingerprint density at radius 2 is 1.43 bits per heavy atom. The second-order valence-electron chi connectivity index (χ2n) is 10.9. The third-order valence-corrected chi connectivity index (χ3v) is 8.19. The number of Topliss-reactive ketones (excluding diaryl/α,β-unsaturated/α-hetero) is 1. The Hall–Kier alpha value is -4.24. The third kappa shape index (κ3) is 22.2. The topological polar surface area (TPSA) is 321 Å². The molecule has 0 aromatic heterocycles. The lowest BCUT2D eigenvalue weighted by molar-refractivity contribution is -0.140. The molecule has 0 aliphatic rings. The average molecular weight is 765 g/mol. The van der Waals surface area contributed by atoms with E-state index in [1.807, 2.05) is 6.92 Å². The zero-order valence-corrected chi connectivity index (χ0v) is 29.7. The lowest BCUT2D eigenvalue weighted by Gasteiger charge is -2.21. The number of unbranched alkanes of at least 4 members (excludes halogenated alkanes) is 2. The van der Waals surface area contributed by atoms with Crippen molar-refractivity contribution < 1.29 is 64.9 Å². The van der Waals surface area contributed by atoms with Crippen molar-refractivity contribution in [2.45, 2.75) is 94.1 Å². The van der Waals surface area contributed by atoms with Gasteiger partial charge in [0.1, 0.15) is 36.5 Å². The summed E-state index contributed by atoms with van der Waals surface area (Å²) in [4.78, 5) is 112. The molecule has 4 amide bonds. The van der Waals surface area contributed by atoms with E-state index < -0.39 is 108 Å². The maximum atomic E-state index is 13.2. The zero-order chi connectivity index (χ0) is 39.9. The van der Waals surface area contributed by atoms with Crippen LogP contribution in [0.1, 0.15) is 66.1 Å². The van der Waals surface area contributed by atoms with Crippen LogP contribution >= 0.6 is 24.4 Å². The van der Waals surface area contributed by atoms with E-state index in [9.17, 15) is 48.3 Å². The quantitative estimate of drug-likeness (QED) is 0.0239. The molecule has 0 rings (SSSR count). The Morgan fingerprint density at radius 3 is 1.98 bits per heavy atom. The number of hydrogen-bond donors (Lipinski definition) is 10. The van der Waals surface area contributed by atoms with E-state index in [2.05, 4.69) is 38.9 Å². The summed E-state index contributed by atoms with van der Waals surface area (Å²) in [6, 6.07) is -5.52. The van der Waals surface area contributed by atoms with Crippen LogP contribution < -0.4 is 27.0 Å². The van der Waals surface area contributed by atoms with Crippen LogP contribution in [0.5, 0.6) is 0 Å². The van der Waals surface area contributed by atoms with Crippen LogP contribution in [0.25, 0.3) is 0 Å². The molecule has 1 unspecified atom stereocenters. The van der Waals surface area contributed by atoms with Gasteiger partial charge in [0.15, 0.2) is 0 Å². The molecule has 21 heteroatoms. The molecule has 0 fully saturated rings. The van der Waals surface area contributed by atoms with E-state index in [1.165, 1.54) is 0 Å². The summed E-state index contributed by atoms with van der Waals surface area (Å²) < 4.78 is 8.92. The van der Waals surface area contributed by atoms with E-state index in [0.717, 1.165) is 19.1 Å². The number of thiol groups is 1. The third-order valence-electron chi connectivity index (χ3n) is 6.65. The smallest absolute Gasteiger partial charge is 0.328 e. The molecule has 0 saturated heterocycles. The van der Waals surface area contributed by atoms with Crippen molar-refractivity contribution in [3.8, 4) is 0 Å². The highest BCUT2D eigenvalue weighted by atomic mass is 32.2. The molecule has 287 valence electrons. The molecule has 0 saturated carbocycles. The Morgan fingerprint density at radius 1 is 0.824 bits per heavy atom. The molecule has 19 nitrogen and oxygen atoms in total. The maximum absolute atomic E-state index is 13.2. The molecule has 10 N–H and O–H groups in total. The highest BCUT2D eigenvalue weighted by molar-refractivity contribution is 8.00. The molecular weight excluding hydrogens is 716 g/mol. The fourth-order valence-corrected chi connectivity index (χ4v) is 5.08. The lowest BCUT2D eigenvalue weighted by atomic mass is 10.1. The SMILES string of the molecule is [2H]C([CH]C=N[C@@H](CCC(=O)N[C@H](CS)C(=O)NCCC(=O)O)C(=O)O)(SC[C@@H](NC(=O)CC[C@H](N)C(=O)O)C(=O)NCC(=O)O)C(=O)CCCCC. The summed E-state index contributed by atoms with van der Waals surface area (Å²) in [5.74, 6) is -9.78. The number of nitrogens with zero attached hydrogens (tertiary/aromatic N) is 1. The summed E-state index contributed by atoms with van der Waals surface area (Å²) in [5.41, 5.74) is 5.42. The summed E-state index contributed by atoms with van der Waals surface area (Å²) in [6.45, 7) is 0.888. The number of ketones is 1. The zero-order valence-electron chi connectivity index (χ0n) is 29.0. The first-order valence-corrected chi connectivity index (χ1v) is 17.4. The van der Waals surface area contributed by atoms with Gasteiger partial charge in [0.2, 0.25) is 23.6 Å². The molecule has 1 radical (unpaired) electrons. The number of aliphatic carboxylic acids is 4. The van der Waals surface area contributed by atoms with Gasteiger partial charge >= 0.3 is 23.9 Å². The van der Waals surface area contributed by atoms with Gasteiger partial charge in [-0.2, -0.15) is 12.6 Å². The van der Waals surface area contributed by atoms with E-state index in [1.54, 1.807) is 0 Å². The Labute approximate surface area is 305 Å². The highest BCUT2D eigenvalue weighted by Gasteiger charge is 2.27. The number of rotatable bonds is 29. The number of amides is 4. The minimum Gasteiger partial charge on any atom is -0.481 e. The number of carbonyl (C=O) groups is 9. The van der Waals surface area contributed by atoms with Crippen molar-refractivity contribution in [1.82, 2.24) is 21.3 Å². The van der Waals surface area contributed by atoms with Crippen LogP contribution in [-0.4, -0.2) is 134 Å². The Bertz CT molecular complexity index is 1310. The number of carboxylic acid groups (broad SMARTS) is 4. The second kappa shape index (κ2) is 26.6. The van der Waals surface area contributed by atoms with Crippen LogP contribution in [0, 0.1) is 6.42 Å². The van der Waals surface area contributed by atoms with Gasteiger partial charge in [-0.3, -0.25) is 43.3 Å². The van der Waals surface area contributed by atoms with Gasteiger partial charge in [-0.1, -0.05) is 19.8 Å². The second-order valence-corrected chi connectivity index (χ2v) is 12.3. The van der Waals surface area contributed by atoms with Crippen LogP contribution in [0.2, 0.25) is 0 Å². The highest BCUT2D eigenvalue weighted by Crippen LogP contribution is 2.20. The molecule has 0 aliphatic carbocycles. The molecule has 0 aromatic carbocycles. The first-order chi connectivity index (χ1) is 24.4. The van der Waals surface area contributed by atoms with Gasteiger partial charge in [0.25, 0.3) is 0 Å². The van der Waals surface area contributed by atoms with Crippen LogP contribution in [0.3, 0.4) is 0 Å². The van der Waals surface area contributed by atoms with Gasteiger partial charge in [-0.25, -0.2) is 4.79 Å². The molecule has 0 aromatic rings. The van der Waals surface area contributed by atoms with Crippen molar-refractivity contribution in [1.29, 1.82) is 0 Å². The summed E-state index contributed by atoms with van der Waals surface area (Å²) in [6.07, 6.45) is 1.80. The summed E-state index contributed by atoms with van der Waals surface area (Å²) >= 11 is 4.57. The summed E-state index contributed by atoms with van der Waals surface area (Å²) in [7, 11) is 0. The molecule has 5 atom stereocenters.